The molecule has 7 N–H and O–H groups in total. The zero-order chi connectivity index (χ0) is 24.7. The number of halogens is 2. The maximum absolute atomic E-state index is 13.4. The summed E-state index contributed by atoms with van der Waals surface area (Å²) in [7, 11) is 2.90. The van der Waals surface area contributed by atoms with Crippen LogP contribution >= 0.6 is 24.0 Å². The summed E-state index contributed by atoms with van der Waals surface area (Å²) in [4.78, 5) is 39.8. The van der Waals surface area contributed by atoms with Crippen molar-refractivity contribution in [2.75, 3.05) is 14.1 Å². The Balaban J connectivity index is 0.00000324. The highest BCUT2D eigenvalue weighted by Gasteiger charge is 2.67. The number of Topliss-reactive ketones (excluding diaryl/α,β-unsaturated/α-hetero) is 2. The number of carbonyl (C=O) groups excluding carboxylic acids is 3. The predicted octanol–water partition coefficient (Wildman–Crippen LogP) is 0.637. The zero-order valence-electron chi connectivity index (χ0n) is 17.9. The number of nitrogens with two attached hydrogens (primary N) is 1. The third-order valence-electron chi connectivity index (χ3n) is 6.67. The molecule has 3 aliphatic rings. The van der Waals surface area contributed by atoms with Gasteiger partial charge in [0.15, 0.2) is 11.4 Å². The van der Waals surface area contributed by atoms with Crippen molar-refractivity contribution in [1.29, 1.82) is 0 Å². The first-order valence-corrected chi connectivity index (χ1v) is 10.2. The third-order valence-corrected chi connectivity index (χ3v) is 6.99. The molecule has 3 aliphatic carbocycles. The maximum atomic E-state index is 13.4. The topological polar surface area (TPSA) is 182 Å². The molecule has 5 atom stereocenters. The molecule has 10 nitrogen and oxygen atoms in total. The minimum Gasteiger partial charge on any atom is -0.510 e. The number of ketones is 2. The molecule has 0 bridgehead atoms. The number of likely N-dealkylation sites (N-methyl/N-ethyl adjacent to an activating group) is 1. The highest BCUT2D eigenvalue weighted by Crippen LogP contribution is 2.55. The number of hydrogen-bond acceptors (Lipinski definition) is 9. The molecule has 0 fully saturated rings. The maximum Gasteiger partial charge on any atom is 0.255 e. The number of amides is 1. The van der Waals surface area contributed by atoms with Crippen LogP contribution in [-0.2, 0) is 9.59 Å². The van der Waals surface area contributed by atoms with E-state index >= 15 is 0 Å². The van der Waals surface area contributed by atoms with Crippen LogP contribution in [0.3, 0.4) is 0 Å². The van der Waals surface area contributed by atoms with Crippen LogP contribution in [0.1, 0.15) is 15.9 Å². The molecule has 0 heterocycles. The van der Waals surface area contributed by atoms with Crippen molar-refractivity contribution in [2.45, 2.75) is 17.7 Å². The van der Waals surface area contributed by atoms with E-state index in [-0.39, 0.29) is 34.1 Å². The van der Waals surface area contributed by atoms with Crippen LogP contribution < -0.4 is 5.73 Å². The van der Waals surface area contributed by atoms with Crippen molar-refractivity contribution in [2.24, 2.45) is 17.6 Å². The predicted molar refractivity (Wildman–Crippen MR) is 123 cm³/mol. The number of benzene rings is 1. The fraction of sp³-hybridized carbons (Fsp3) is 0.318. The Morgan fingerprint density at radius 3 is 2.29 bits per heavy atom. The van der Waals surface area contributed by atoms with Crippen LogP contribution in [0, 0.1) is 11.8 Å². The summed E-state index contributed by atoms with van der Waals surface area (Å²) in [6, 6.07) is 1.13. The van der Waals surface area contributed by atoms with Gasteiger partial charge in [0.2, 0.25) is 5.78 Å². The number of primary amides is 1. The Kier molecular flexibility index (Phi) is 6.13. The van der Waals surface area contributed by atoms with Gasteiger partial charge < -0.3 is 31.3 Å². The first kappa shape index (κ1) is 25.7. The summed E-state index contributed by atoms with van der Waals surface area (Å²) < 4.78 is 0. The molecule has 1 amide bonds. The van der Waals surface area contributed by atoms with Crippen molar-refractivity contribution in [3.63, 3.8) is 0 Å². The van der Waals surface area contributed by atoms with Crippen LogP contribution in [0.15, 0.2) is 41.4 Å². The lowest BCUT2D eigenvalue weighted by Crippen LogP contribution is -2.68. The van der Waals surface area contributed by atoms with E-state index in [0.717, 1.165) is 6.07 Å². The fourth-order valence-corrected chi connectivity index (χ4v) is 5.55. The highest BCUT2D eigenvalue weighted by molar-refractivity contribution is 6.34. The summed E-state index contributed by atoms with van der Waals surface area (Å²) in [5.41, 5.74) is 0.528. The Bertz CT molecular complexity index is 1240. The molecule has 12 heteroatoms. The van der Waals surface area contributed by atoms with Gasteiger partial charge in [0.25, 0.3) is 5.91 Å². The number of rotatable bonds is 2. The Morgan fingerprint density at radius 2 is 1.76 bits per heavy atom. The second-order valence-electron chi connectivity index (χ2n) is 8.56. The number of phenolic OH excluding ortho intramolecular Hbond substituents is 1. The smallest absolute Gasteiger partial charge is 0.255 e. The number of hydrogen-bond donors (Lipinski definition) is 6. The van der Waals surface area contributed by atoms with Gasteiger partial charge in [0.05, 0.1) is 29.2 Å². The molecule has 0 unspecified atom stereocenters. The van der Waals surface area contributed by atoms with Gasteiger partial charge in [0, 0.05) is 16.5 Å². The van der Waals surface area contributed by atoms with Gasteiger partial charge in [-0.2, -0.15) is 0 Å². The van der Waals surface area contributed by atoms with Crippen LogP contribution in [0.25, 0.3) is 5.57 Å². The molecule has 0 saturated carbocycles. The van der Waals surface area contributed by atoms with Gasteiger partial charge in [0.1, 0.15) is 22.8 Å². The highest BCUT2D eigenvalue weighted by atomic mass is 35.5. The summed E-state index contributed by atoms with van der Waals surface area (Å²) in [6.07, 6.45) is -1.75. The minimum atomic E-state index is -2.97. The van der Waals surface area contributed by atoms with Crippen molar-refractivity contribution in [1.82, 2.24) is 4.90 Å². The molecule has 0 saturated heterocycles. The lowest BCUT2D eigenvalue weighted by Gasteiger charge is -2.52. The van der Waals surface area contributed by atoms with Gasteiger partial charge in [-0.05, 0) is 31.8 Å². The van der Waals surface area contributed by atoms with Gasteiger partial charge in [-0.3, -0.25) is 19.3 Å². The SMILES string of the molecule is C=C1c2c(Cl)ccc(O)c2C(=O)C2=C(O)[C@]3(O)C(=O)C(C(N)=O)=C(O)[C@@H](N(C)C)[C@H]3[C@@H](O)[C@H]12.Cl. The molecule has 0 spiro atoms. The van der Waals surface area contributed by atoms with Crippen LogP contribution in [0.2, 0.25) is 5.02 Å². The monoisotopic (exact) mass is 512 g/mol. The van der Waals surface area contributed by atoms with E-state index in [9.17, 15) is 39.9 Å². The average Bonchev–Trinajstić information content (AvgIpc) is 2.72. The van der Waals surface area contributed by atoms with Crippen LogP contribution in [0.5, 0.6) is 5.75 Å². The zero-order valence-corrected chi connectivity index (χ0v) is 19.5. The standard InChI is InChI=1S/C22H21ClN2O8.ClH/c1-6-9-7(23)4-5-8(26)11(9)16(27)12-10(6)17(28)14-15(25(2)3)18(29)13(21(24)32)20(31)22(14,33)19(12)30;/h4-5,10,14-15,17,26,28-30,33H,1H2,2-3H3,(H2,24,32);1H/t10-,14+,15+,17+,22+;/m1./s1. The fourth-order valence-electron chi connectivity index (χ4n) is 5.27. The summed E-state index contributed by atoms with van der Waals surface area (Å²) in [5.74, 6) is -9.17. The number of aliphatic hydroxyl groups is 4. The number of aromatic hydroxyl groups is 1. The number of fused-ring (bicyclic) bond motifs is 3. The molecule has 182 valence electrons. The van der Waals surface area contributed by atoms with Crippen molar-refractivity contribution < 1.29 is 39.9 Å². The molecule has 0 radical (unpaired) electrons. The first-order chi connectivity index (χ1) is 15.3. The van der Waals surface area contributed by atoms with E-state index in [4.69, 9.17) is 17.3 Å². The lowest BCUT2D eigenvalue weighted by molar-refractivity contribution is -0.159. The van der Waals surface area contributed by atoms with E-state index in [1.807, 2.05) is 0 Å². The quantitative estimate of drug-likeness (QED) is 0.309. The molecule has 1 aromatic rings. The lowest BCUT2D eigenvalue weighted by atomic mass is 9.56. The van der Waals surface area contributed by atoms with E-state index in [0.29, 0.717) is 0 Å². The normalized spacial score (nSPS) is 30.6. The second kappa shape index (κ2) is 8.10. The van der Waals surface area contributed by atoms with E-state index in [1.165, 1.54) is 25.1 Å². The van der Waals surface area contributed by atoms with Crippen molar-refractivity contribution in [3.05, 3.63) is 57.5 Å². The third kappa shape index (κ3) is 2.96. The van der Waals surface area contributed by atoms with Gasteiger partial charge in [-0.15, -0.1) is 12.4 Å². The molecule has 0 aliphatic heterocycles. The largest absolute Gasteiger partial charge is 0.510 e. The number of carbonyl (C=O) groups is 3. The Morgan fingerprint density at radius 1 is 1.18 bits per heavy atom. The molecular weight excluding hydrogens is 491 g/mol. The summed E-state index contributed by atoms with van der Waals surface area (Å²) in [6.45, 7) is 3.89. The van der Waals surface area contributed by atoms with Gasteiger partial charge >= 0.3 is 0 Å². The number of nitrogens with zero attached hydrogens (tertiary/aromatic N) is 1. The van der Waals surface area contributed by atoms with Crippen molar-refractivity contribution >= 4 is 47.1 Å². The van der Waals surface area contributed by atoms with E-state index in [1.54, 1.807) is 0 Å². The minimum absolute atomic E-state index is 0. The van der Waals surface area contributed by atoms with Crippen LogP contribution in [0.4, 0.5) is 0 Å². The number of aliphatic hydroxyl groups excluding tert-OH is 3. The molecule has 1 aromatic carbocycles. The van der Waals surface area contributed by atoms with Crippen LogP contribution in [-0.4, -0.2) is 79.7 Å². The second-order valence-corrected chi connectivity index (χ2v) is 8.96. The van der Waals surface area contributed by atoms with Gasteiger partial charge in [-0.25, -0.2) is 0 Å². The Hall–Kier alpha value is -2.89. The Labute approximate surface area is 204 Å². The van der Waals surface area contributed by atoms with E-state index in [2.05, 4.69) is 6.58 Å². The van der Waals surface area contributed by atoms with Crippen molar-refractivity contribution in [3.8, 4) is 5.75 Å². The number of phenols is 1. The van der Waals surface area contributed by atoms with E-state index < -0.39 is 75.5 Å². The molecular formula is C22H22Cl2N2O8. The van der Waals surface area contributed by atoms with Gasteiger partial charge in [-0.1, -0.05) is 18.2 Å². The molecule has 4 rings (SSSR count). The molecule has 0 aromatic heterocycles. The summed E-state index contributed by atoms with van der Waals surface area (Å²) in [5, 5.41) is 55.1. The first-order valence-electron chi connectivity index (χ1n) is 9.81. The summed E-state index contributed by atoms with van der Waals surface area (Å²) >= 11 is 6.24. The average molecular weight is 513 g/mol. The molecule has 34 heavy (non-hydrogen) atoms.